The van der Waals surface area contributed by atoms with Crippen LogP contribution in [0.4, 0.5) is 0 Å². The minimum absolute atomic E-state index is 0.0639. The lowest BCUT2D eigenvalue weighted by atomic mass is 9.98. The van der Waals surface area contributed by atoms with Crippen molar-refractivity contribution in [2.45, 2.75) is 32.2 Å². The summed E-state index contributed by atoms with van der Waals surface area (Å²) >= 11 is 0. The first kappa shape index (κ1) is 17.6. The lowest BCUT2D eigenvalue weighted by molar-refractivity contribution is -0.141. The van der Waals surface area contributed by atoms with E-state index in [2.05, 4.69) is 53.8 Å². The molecule has 2 aromatic rings. The van der Waals surface area contributed by atoms with E-state index >= 15 is 0 Å². The Labute approximate surface area is 148 Å². The molecule has 2 atom stereocenters. The zero-order valence-electron chi connectivity index (χ0n) is 14.7. The number of ether oxygens (including phenoxy) is 1. The maximum Gasteiger partial charge on any atom is 0.321 e. The van der Waals surface area contributed by atoms with Crippen LogP contribution in [-0.4, -0.2) is 30.5 Å². The maximum absolute atomic E-state index is 11.4. The van der Waals surface area contributed by atoms with Crippen molar-refractivity contribution in [3.63, 3.8) is 0 Å². The van der Waals surface area contributed by atoms with Gasteiger partial charge in [-0.15, -0.1) is 0 Å². The van der Waals surface area contributed by atoms with E-state index < -0.39 is 12.0 Å². The molecule has 0 heterocycles. The number of rotatable bonds is 8. The molecule has 3 rings (SSSR count). The highest BCUT2D eigenvalue weighted by Gasteiger charge is 2.28. The molecular formula is C21H25NO3. The largest absolute Gasteiger partial charge is 0.480 e. The van der Waals surface area contributed by atoms with Gasteiger partial charge in [0, 0.05) is 5.92 Å². The fraction of sp³-hybridized carbons (Fsp3) is 0.381. The van der Waals surface area contributed by atoms with E-state index in [9.17, 15) is 9.90 Å². The molecule has 0 amide bonds. The average molecular weight is 339 g/mol. The van der Waals surface area contributed by atoms with Gasteiger partial charge in [-0.3, -0.25) is 10.1 Å². The van der Waals surface area contributed by atoms with Crippen LogP contribution in [-0.2, 0) is 9.53 Å². The lowest BCUT2D eigenvalue weighted by Gasteiger charge is -2.21. The molecule has 0 radical (unpaired) electrons. The summed E-state index contributed by atoms with van der Waals surface area (Å²) in [5, 5.41) is 12.3. The molecule has 4 heteroatoms. The Morgan fingerprint density at radius 3 is 2.20 bits per heavy atom. The molecular weight excluding hydrogens is 314 g/mol. The maximum atomic E-state index is 11.4. The first-order chi connectivity index (χ1) is 12.1. The van der Waals surface area contributed by atoms with Gasteiger partial charge in [0.25, 0.3) is 0 Å². The fourth-order valence-electron chi connectivity index (χ4n) is 3.53. The van der Waals surface area contributed by atoms with Crippen molar-refractivity contribution in [2.75, 3.05) is 13.3 Å². The Morgan fingerprint density at radius 2 is 1.68 bits per heavy atom. The number of benzene rings is 2. The number of hydrogen-bond acceptors (Lipinski definition) is 3. The Morgan fingerprint density at radius 1 is 1.12 bits per heavy atom. The third kappa shape index (κ3) is 3.60. The third-order valence-corrected chi connectivity index (χ3v) is 5.13. The monoisotopic (exact) mass is 339 g/mol. The van der Waals surface area contributed by atoms with Crippen molar-refractivity contribution in [3.8, 4) is 11.1 Å². The predicted molar refractivity (Wildman–Crippen MR) is 98.6 cm³/mol. The minimum atomic E-state index is -0.825. The van der Waals surface area contributed by atoms with Gasteiger partial charge in [0.2, 0.25) is 0 Å². The van der Waals surface area contributed by atoms with E-state index in [0.717, 1.165) is 6.42 Å². The number of fused-ring (bicyclic) bond motifs is 3. The second-order valence-corrected chi connectivity index (χ2v) is 6.65. The topological polar surface area (TPSA) is 58.6 Å². The highest BCUT2D eigenvalue weighted by Crippen LogP contribution is 2.44. The SMILES string of the molecule is CC[C@H](C)[C@H](NCOCC1c2ccccc2-c2ccccc21)C(=O)O. The molecule has 0 saturated carbocycles. The Bertz CT molecular complexity index is 698. The van der Waals surface area contributed by atoms with Crippen molar-refractivity contribution >= 4 is 5.97 Å². The van der Waals surface area contributed by atoms with Gasteiger partial charge in [-0.05, 0) is 28.2 Å². The summed E-state index contributed by atoms with van der Waals surface area (Å²) in [5.41, 5.74) is 5.09. The number of carboxylic acid groups (broad SMARTS) is 1. The Balaban J connectivity index is 1.65. The van der Waals surface area contributed by atoms with Crippen LogP contribution in [0.5, 0.6) is 0 Å². The summed E-state index contributed by atoms with van der Waals surface area (Å²) in [5.74, 6) is -0.565. The van der Waals surface area contributed by atoms with Gasteiger partial charge < -0.3 is 9.84 Å². The summed E-state index contributed by atoms with van der Waals surface area (Å²) in [7, 11) is 0. The van der Waals surface area contributed by atoms with Gasteiger partial charge in [0.05, 0.1) is 13.3 Å². The fourth-order valence-corrected chi connectivity index (χ4v) is 3.53. The van der Waals surface area contributed by atoms with Crippen LogP contribution in [0, 0.1) is 5.92 Å². The first-order valence-corrected chi connectivity index (χ1v) is 8.85. The molecule has 0 aliphatic heterocycles. The summed E-state index contributed by atoms with van der Waals surface area (Å²) in [4.78, 5) is 11.4. The first-order valence-electron chi connectivity index (χ1n) is 8.85. The molecule has 0 saturated heterocycles. The van der Waals surface area contributed by atoms with Gasteiger partial charge in [-0.25, -0.2) is 0 Å². The molecule has 2 aromatic carbocycles. The molecule has 0 unspecified atom stereocenters. The molecule has 1 aliphatic carbocycles. The van der Waals surface area contributed by atoms with E-state index in [1.807, 2.05) is 13.8 Å². The minimum Gasteiger partial charge on any atom is -0.480 e. The molecule has 0 bridgehead atoms. The second kappa shape index (κ2) is 7.81. The van der Waals surface area contributed by atoms with E-state index in [4.69, 9.17) is 4.74 Å². The quantitative estimate of drug-likeness (QED) is 0.566. The van der Waals surface area contributed by atoms with Crippen LogP contribution >= 0.6 is 0 Å². The van der Waals surface area contributed by atoms with Crippen molar-refractivity contribution in [1.82, 2.24) is 5.32 Å². The smallest absolute Gasteiger partial charge is 0.321 e. The van der Waals surface area contributed by atoms with Crippen molar-refractivity contribution in [1.29, 1.82) is 0 Å². The molecule has 0 spiro atoms. The number of aliphatic carboxylic acids is 1. The summed E-state index contributed by atoms with van der Waals surface area (Å²) < 4.78 is 5.83. The van der Waals surface area contributed by atoms with Crippen LogP contribution in [0.15, 0.2) is 48.5 Å². The van der Waals surface area contributed by atoms with Gasteiger partial charge in [-0.1, -0.05) is 68.8 Å². The molecule has 4 nitrogen and oxygen atoms in total. The molecule has 0 aromatic heterocycles. The van der Waals surface area contributed by atoms with Gasteiger partial charge in [0.1, 0.15) is 6.04 Å². The highest BCUT2D eigenvalue weighted by molar-refractivity contribution is 5.78. The van der Waals surface area contributed by atoms with E-state index in [-0.39, 0.29) is 18.6 Å². The number of carboxylic acids is 1. The molecule has 2 N–H and O–H groups in total. The van der Waals surface area contributed by atoms with Crippen LogP contribution < -0.4 is 5.32 Å². The number of nitrogens with one attached hydrogen (secondary N) is 1. The van der Waals surface area contributed by atoms with Crippen molar-refractivity contribution in [3.05, 3.63) is 59.7 Å². The van der Waals surface area contributed by atoms with Crippen LogP contribution in [0.1, 0.15) is 37.3 Å². The lowest BCUT2D eigenvalue weighted by Crippen LogP contribution is -2.42. The van der Waals surface area contributed by atoms with Gasteiger partial charge in [0.15, 0.2) is 0 Å². The molecule has 132 valence electrons. The second-order valence-electron chi connectivity index (χ2n) is 6.65. The number of carbonyl (C=O) groups is 1. The molecule has 1 aliphatic rings. The predicted octanol–water partition coefficient (Wildman–Crippen LogP) is 3.86. The zero-order chi connectivity index (χ0) is 17.8. The Hall–Kier alpha value is -2.17. The van der Waals surface area contributed by atoms with E-state index in [1.165, 1.54) is 22.3 Å². The summed E-state index contributed by atoms with van der Waals surface area (Å²) in [6.45, 7) is 4.71. The third-order valence-electron chi connectivity index (χ3n) is 5.13. The van der Waals surface area contributed by atoms with Crippen molar-refractivity contribution < 1.29 is 14.6 Å². The number of hydrogen-bond donors (Lipinski definition) is 2. The van der Waals surface area contributed by atoms with E-state index in [0.29, 0.717) is 6.61 Å². The average Bonchev–Trinajstić information content (AvgIpc) is 2.95. The normalized spacial score (nSPS) is 15.4. The zero-order valence-corrected chi connectivity index (χ0v) is 14.7. The van der Waals surface area contributed by atoms with Crippen LogP contribution in [0.25, 0.3) is 11.1 Å². The van der Waals surface area contributed by atoms with Crippen LogP contribution in [0.2, 0.25) is 0 Å². The van der Waals surface area contributed by atoms with Gasteiger partial charge in [-0.2, -0.15) is 0 Å². The van der Waals surface area contributed by atoms with Crippen LogP contribution in [0.3, 0.4) is 0 Å². The highest BCUT2D eigenvalue weighted by atomic mass is 16.5. The van der Waals surface area contributed by atoms with E-state index in [1.54, 1.807) is 0 Å². The van der Waals surface area contributed by atoms with Gasteiger partial charge >= 0.3 is 5.97 Å². The summed E-state index contributed by atoms with van der Waals surface area (Å²) in [6.07, 6.45) is 0.813. The standard InChI is InChI=1S/C21H25NO3/c1-3-14(2)20(21(23)24)22-13-25-12-19-17-10-6-4-8-15(17)16-9-5-7-11-18(16)19/h4-11,14,19-20,22H,3,12-13H2,1-2H3,(H,23,24)/t14-,20-/m0/s1. The Kier molecular flexibility index (Phi) is 5.51. The molecule has 0 fully saturated rings. The van der Waals surface area contributed by atoms with Crippen molar-refractivity contribution in [2.24, 2.45) is 5.92 Å². The summed E-state index contributed by atoms with van der Waals surface area (Å²) in [6, 6.07) is 16.2. The molecule has 25 heavy (non-hydrogen) atoms.